The van der Waals surface area contributed by atoms with Gasteiger partial charge < -0.3 is 9.84 Å². The molecule has 0 radical (unpaired) electrons. The van der Waals surface area contributed by atoms with Gasteiger partial charge in [-0.3, -0.25) is 9.59 Å². The van der Waals surface area contributed by atoms with E-state index in [1.54, 1.807) is 6.08 Å². The Hall–Kier alpha value is -1.94. The summed E-state index contributed by atoms with van der Waals surface area (Å²) in [5.41, 5.74) is 2.10. The molecule has 3 rings (SSSR count). The summed E-state index contributed by atoms with van der Waals surface area (Å²) in [5.74, 6) is 0.157. The molecule has 0 aliphatic heterocycles. The van der Waals surface area contributed by atoms with Gasteiger partial charge in [0.25, 0.3) is 0 Å². The summed E-state index contributed by atoms with van der Waals surface area (Å²) in [6.45, 7) is -0.470. The van der Waals surface area contributed by atoms with Gasteiger partial charge in [0.05, 0.1) is 5.92 Å². The van der Waals surface area contributed by atoms with Crippen molar-refractivity contribution in [2.24, 2.45) is 11.8 Å². The van der Waals surface area contributed by atoms with Gasteiger partial charge in [0.1, 0.15) is 12.7 Å². The van der Waals surface area contributed by atoms with Gasteiger partial charge in [-0.2, -0.15) is 0 Å². The van der Waals surface area contributed by atoms with E-state index in [1.807, 2.05) is 12.1 Å². The Morgan fingerprint density at radius 2 is 1.79 bits per heavy atom. The molecule has 1 atom stereocenters. The normalized spacial score (nSPS) is 19.5. The molecular weight excluding hydrogens is 364 g/mol. The lowest BCUT2D eigenvalue weighted by molar-refractivity contribution is -0.156. The number of hydrogen-bond donors (Lipinski definition) is 1. The average molecular weight is 399 g/mol. The monoisotopic (exact) mass is 398 g/mol. The van der Waals surface area contributed by atoms with Crippen LogP contribution in [0.15, 0.2) is 30.3 Å². The Bertz CT molecular complexity index is 697. The third-order valence-corrected chi connectivity index (χ3v) is 6.42. The zero-order valence-electron chi connectivity index (χ0n) is 17.4. The second-order valence-corrected chi connectivity index (χ2v) is 8.59. The zero-order chi connectivity index (χ0) is 20.5. The number of carbonyl (C=O) groups excluding carboxylic acids is 2. The number of ketones is 1. The van der Waals surface area contributed by atoms with Crippen molar-refractivity contribution >= 4 is 17.8 Å². The van der Waals surface area contributed by atoms with Gasteiger partial charge in [-0.1, -0.05) is 49.6 Å². The summed E-state index contributed by atoms with van der Waals surface area (Å²) in [6, 6.07) is 8.05. The molecule has 2 aliphatic carbocycles. The first-order chi connectivity index (χ1) is 14.2. The molecule has 0 bridgehead atoms. The third kappa shape index (κ3) is 6.81. The van der Waals surface area contributed by atoms with Gasteiger partial charge >= 0.3 is 5.97 Å². The van der Waals surface area contributed by atoms with E-state index >= 15 is 0 Å². The number of aryl methyl sites for hydroxylation is 1. The maximum atomic E-state index is 13.0. The Balaban J connectivity index is 1.63. The predicted molar refractivity (Wildman–Crippen MR) is 114 cm³/mol. The van der Waals surface area contributed by atoms with E-state index in [0.717, 1.165) is 49.7 Å². The van der Waals surface area contributed by atoms with Crippen LogP contribution in [0.5, 0.6) is 0 Å². The number of esters is 1. The van der Waals surface area contributed by atoms with Crippen molar-refractivity contribution in [3.05, 3.63) is 41.5 Å². The third-order valence-electron chi connectivity index (χ3n) is 6.42. The molecule has 0 amide bonds. The van der Waals surface area contributed by atoms with E-state index in [-0.39, 0.29) is 23.8 Å². The highest BCUT2D eigenvalue weighted by Crippen LogP contribution is 2.34. The van der Waals surface area contributed by atoms with Crippen molar-refractivity contribution in [2.75, 3.05) is 6.61 Å². The number of carbonyl (C=O) groups is 2. The number of ether oxygens (including phenoxy) is 1. The first-order valence-corrected chi connectivity index (χ1v) is 11.3. The Kier molecular flexibility index (Phi) is 8.48. The SMILES string of the molecule is O=C(/C=C/c1cccc(CC[C@H](C(=O)OC2CCCC2)C2CCCCC2)c1)CO. The van der Waals surface area contributed by atoms with Crippen molar-refractivity contribution in [3.63, 3.8) is 0 Å². The highest BCUT2D eigenvalue weighted by atomic mass is 16.5. The van der Waals surface area contributed by atoms with Crippen molar-refractivity contribution in [2.45, 2.75) is 76.7 Å². The number of aliphatic hydroxyl groups is 1. The molecule has 0 heterocycles. The van der Waals surface area contributed by atoms with Crippen molar-refractivity contribution in [1.29, 1.82) is 0 Å². The van der Waals surface area contributed by atoms with Crippen molar-refractivity contribution in [3.8, 4) is 0 Å². The van der Waals surface area contributed by atoms with Crippen LogP contribution in [-0.2, 0) is 20.7 Å². The molecule has 158 valence electrons. The van der Waals surface area contributed by atoms with E-state index in [0.29, 0.717) is 5.92 Å². The molecule has 4 nitrogen and oxygen atoms in total. The Morgan fingerprint density at radius 1 is 1.07 bits per heavy atom. The van der Waals surface area contributed by atoms with E-state index < -0.39 is 6.61 Å². The first-order valence-electron chi connectivity index (χ1n) is 11.3. The fourth-order valence-electron chi connectivity index (χ4n) is 4.76. The molecule has 0 aromatic heterocycles. The molecule has 4 heteroatoms. The summed E-state index contributed by atoms with van der Waals surface area (Å²) in [7, 11) is 0. The van der Waals surface area contributed by atoms with Gasteiger partial charge in [0.2, 0.25) is 0 Å². The van der Waals surface area contributed by atoms with Crippen molar-refractivity contribution in [1.82, 2.24) is 0 Å². The lowest BCUT2D eigenvalue weighted by Crippen LogP contribution is -2.30. The van der Waals surface area contributed by atoms with Crippen LogP contribution in [0.25, 0.3) is 6.08 Å². The smallest absolute Gasteiger partial charge is 0.309 e. The summed E-state index contributed by atoms with van der Waals surface area (Å²) >= 11 is 0. The van der Waals surface area contributed by atoms with Gasteiger partial charge in [-0.25, -0.2) is 0 Å². The molecule has 0 spiro atoms. The molecule has 2 saturated carbocycles. The molecule has 2 aliphatic rings. The summed E-state index contributed by atoms with van der Waals surface area (Å²) < 4.78 is 5.90. The maximum Gasteiger partial charge on any atom is 0.309 e. The average Bonchev–Trinajstić information content (AvgIpc) is 3.26. The van der Waals surface area contributed by atoms with Gasteiger partial charge in [0, 0.05) is 0 Å². The highest BCUT2D eigenvalue weighted by Gasteiger charge is 2.32. The highest BCUT2D eigenvalue weighted by molar-refractivity contribution is 5.94. The first kappa shape index (κ1) is 21.8. The number of aliphatic hydroxyl groups excluding tert-OH is 1. The fraction of sp³-hybridized carbons (Fsp3) is 0.600. The van der Waals surface area contributed by atoms with Gasteiger partial charge in [0.15, 0.2) is 5.78 Å². The summed E-state index contributed by atoms with van der Waals surface area (Å²) in [4.78, 5) is 24.3. The van der Waals surface area contributed by atoms with Crippen LogP contribution >= 0.6 is 0 Å². The van der Waals surface area contributed by atoms with E-state index in [1.165, 1.54) is 38.2 Å². The topological polar surface area (TPSA) is 63.6 Å². The van der Waals surface area contributed by atoms with Crippen LogP contribution in [0.1, 0.15) is 75.3 Å². The molecule has 29 heavy (non-hydrogen) atoms. The second-order valence-electron chi connectivity index (χ2n) is 8.59. The zero-order valence-corrected chi connectivity index (χ0v) is 17.4. The maximum absolute atomic E-state index is 13.0. The van der Waals surface area contributed by atoms with E-state index in [4.69, 9.17) is 9.84 Å². The lowest BCUT2D eigenvalue weighted by Gasteiger charge is -2.30. The minimum atomic E-state index is -0.470. The predicted octanol–water partition coefficient (Wildman–Crippen LogP) is 4.88. The minimum Gasteiger partial charge on any atom is -0.462 e. The Morgan fingerprint density at radius 3 is 2.52 bits per heavy atom. The molecular formula is C25H34O4. The Labute approximate surface area is 174 Å². The van der Waals surface area contributed by atoms with Crippen LogP contribution in [0.4, 0.5) is 0 Å². The molecule has 2 fully saturated rings. The fourth-order valence-corrected chi connectivity index (χ4v) is 4.76. The summed E-state index contributed by atoms with van der Waals surface area (Å²) in [5, 5.41) is 8.85. The molecule has 0 unspecified atom stereocenters. The number of benzene rings is 1. The molecule has 0 saturated heterocycles. The van der Waals surface area contributed by atoms with Gasteiger partial charge in [-0.15, -0.1) is 0 Å². The minimum absolute atomic E-state index is 0.00827. The van der Waals surface area contributed by atoms with Crippen molar-refractivity contribution < 1.29 is 19.4 Å². The molecule has 1 aromatic carbocycles. The quantitative estimate of drug-likeness (QED) is 0.476. The lowest BCUT2D eigenvalue weighted by atomic mass is 9.77. The van der Waals surface area contributed by atoms with Crippen LogP contribution in [0, 0.1) is 11.8 Å². The van der Waals surface area contributed by atoms with E-state index in [2.05, 4.69) is 12.1 Å². The molecule has 1 aromatic rings. The van der Waals surface area contributed by atoms with Crippen LogP contribution in [0.3, 0.4) is 0 Å². The van der Waals surface area contributed by atoms with Crippen LogP contribution in [0.2, 0.25) is 0 Å². The van der Waals surface area contributed by atoms with Gasteiger partial charge in [-0.05, 0) is 74.5 Å². The summed E-state index contributed by atoms with van der Waals surface area (Å²) in [6.07, 6.45) is 15.3. The van der Waals surface area contributed by atoms with Crippen LogP contribution < -0.4 is 0 Å². The number of hydrogen-bond acceptors (Lipinski definition) is 4. The largest absolute Gasteiger partial charge is 0.462 e. The van der Waals surface area contributed by atoms with Crippen LogP contribution in [-0.4, -0.2) is 29.6 Å². The second kappa shape index (κ2) is 11.3. The molecule has 1 N–H and O–H groups in total. The number of rotatable bonds is 9. The van der Waals surface area contributed by atoms with E-state index in [9.17, 15) is 9.59 Å². The standard InChI is InChI=1S/C25H34O4/c26-18-22(27)15-13-19-7-6-8-20(17-19)14-16-24(21-9-2-1-3-10-21)25(28)29-23-11-4-5-12-23/h6-8,13,15,17,21,23-24,26H,1-5,9-12,14,16,18H2/b15-13+/t24-/m0/s1.